The number of para-hydroxylation sites is 1. The smallest absolute Gasteiger partial charge is 0.340 e. The van der Waals surface area contributed by atoms with E-state index in [4.69, 9.17) is 15.0 Å². The van der Waals surface area contributed by atoms with Crippen LogP contribution in [-0.2, 0) is 23.2 Å². The molecular formula is C47H41N5O2. The van der Waals surface area contributed by atoms with Crippen molar-refractivity contribution in [2.75, 3.05) is 6.61 Å². The third kappa shape index (κ3) is 6.17. The van der Waals surface area contributed by atoms with Crippen LogP contribution in [0, 0.1) is 0 Å². The zero-order chi connectivity index (χ0) is 36.9. The van der Waals surface area contributed by atoms with E-state index in [2.05, 4.69) is 144 Å². The average molecular weight is 708 g/mol. The molecule has 0 aliphatic carbocycles. The molecule has 0 aliphatic heterocycles. The maximum absolute atomic E-state index is 13.0. The molecule has 0 fully saturated rings. The van der Waals surface area contributed by atoms with Gasteiger partial charge in [0.1, 0.15) is 5.54 Å². The van der Waals surface area contributed by atoms with E-state index in [0.717, 1.165) is 62.7 Å². The van der Waals surface area contributed by atoms with E-state index in [-0.39, 0.29) is 5.97 Å². The van der Waals surface area contributed by atoms with Crippen LogP contribution in [0.25, 0.3) is 33.4 Å². The van der Waals surface area contributed by atoms with E-state index in [9.17, 15) is 4.79 Å². The van der Waals surface area contributed by atoms with Gasteiger partial charge in [0.2, 0.25) is 0 Å². The topological polar surface area (TPSA) is 74.8 Å². The van der Waals surface area contributed by atoms with E-state index >= 15 is 0 Å². The quantitative estimate of drug-likeness (QED) is 0.0934. The van der Waals surface area contributed by atoms with Crippen molar-refractivity contribution >= 4 is 16.9 Å². The first-order valence-corrected chi connectivity index (χ1v) is 18.6. The molecule has 8 aromatic rings. The summed E-state index contributed by atoms with van der Waals surface area (Å²) in [5, 5.41) is 14.9. The second-order valence-corrected chi connectivity index (χ2v) is 13.4. The van der Waals surface area contributed by atoms with Gasteiger partial charge in [-0.1, -0.05) is 165 Å². The van der Waals surface area contributed by atoms with Gasteiger partial charge in [0.05, 0.1) is 17.7 Å². The third-order valence-corrected chi connectivity index (χ3v) is 10.1. The molecular weight excluding hydrogens is 667 g/mol. The van der Waals surface area contributed by atoms with Crippen molar-refractivity contribution in [3.05, 3.63) is 197 Å². The second-order valence-electron chi connectivity index (χ2n) is 13.4. The number of nitrogens with zero attached hydrogens (tertiary/aromatic N) is 5. The lowest BCUT2D eigenvalue weighted by atomic mass is 9.77. The first kappa shape index (κ1) is 34.5. The minimum Gasteiger partial charge on any atom is -0.462 e. The number of carbonyl (C=O) groups is 1. The molecule has 0 atom stereocenters. The van der Waals surface area contributed by atoms with Crippen LogP contribution < -0.4 is 0 Å². The number of tetrazole rings is 1. The number of fused-ring (bicyclic) bond motifs is 1. The number of hydrogen-bond donors (Lipinski definition) is 0. The second kappa shape index (κ2) is 15.2. The third-order valence-electron chi connectivity index (χ3n) is 10.1. The summed E-state index contributed by atoms with van der Waals surface area (Å²) < 4.78 is 9.71. The minimum atomic E-state index is -0.863. The molecule has 0 unspecified atom stereocenters. The molecule has 6 aromatic carbocycles. The number of aromatic nitrogens is 5. The van der Waals surface area contributed by atoms with Crippen molar-refractivity contribution in [2.45, 2.75) is 38.8 Å². The Labute approximate surface area is 315 Å². The zero-order valence-electron chi connectivity index (χ0n) is 30.5. The van der Waals surface area contributed by atoms with Gasteiger partial charge in [0.25, 0.3) is 0 Å². The number of benzene rings is 6. The van der Waals surface area contributed by atoms with Gasteiger partial charge in [0, 0.05) is 23.2 Å². The lowest BCUT2D eigenvalue weighted by molar-refractivity contribution is 0.0528. The maximum atomic E-state index is 13.0. The lowest BCUT2D eigenvalue weighted by Gasteiger charge is -2.36. The van der Waals surface area contributed by atoms with Gasteiger partial charge in [-0.2, -0.15) is 0 Å². The van der Waals surface area contributed by atoms with Crippen LogP contribution in [0.4, 0.5) is 0 Å². The summed E-state index contributed by atoms with van der Waals surface area (Å²) >= 11 is 0. The average Bonchev–Trinajstić information content (AvgIpc) is 3.85. The Bertz CT molecular complexity index is 2410. The van der Waals surface area contributed by atoms with E-state index in [1.54, 1.807) is 0 Å². The van der Waals surface area contributed by atoms with Gasteiger partial charge in [-0.05, 0) is 69.3 Å². The van der Waals surface area contributed by atoms with Gasteiger partial charge in [0.15, 0.2) is 5.82 Å². The predicted molar refractivity (Wildman–Crippen MR) is 214 cm³/mol. The Hall–Kier alpha value is -6.60. The van der Waals surface area contributed by atoms with Crippen LogP contribution in [0.3, 0.4) is 0 Å². The Balaban J connectivity index is 1.23. The van der Waals surface area contributed by atoms with E-state index < -0.39 is 5.54 Å². The largest absolute Gasteiger partial charge is 0.462 e. The van der Waals surface area contributed by atoms with Crippen LogP contribution in [0.5, 0.6) is 0 Å². The molecule has 7 heteroatoms. The van der Waals surface area contributed by atoms with Crippen molar-refractivity contribution in [3.63, 3.8) is 0 Å². The first-order chi connectivity index (χ1) is 26.6. The molecule has 2 heterocycles. The van der Waals surface area contributed by atoms with Gasteiger partial charge in [-0.3, -0.25) is 0 Å². The summed E-state index contributed by atoms with van der Waals surface area (Å²) in [5.74, 6) is 0.358. The highest BCUT2D eigenvalue weighted by molar-refractivity contribution is 6.03. The van der Waals surface area contributed by atoms with Gasteiger partial charge >= 0.3 is 5.97 Å². The van der Waals surface area contributed by atoms with Crippen LogP contribution in [0.2, 0.25) is 0 Å². The Morgan fingerprint density at radius 3 is 1.85 bits per heavy atom. The number of hydrogen-bond acceptors (Lipinski definition) is 5. The van der Waals surface area contributed by atoms with Crippen LogP contribution in [-0.4, -0.2) is 37.4 Å². The first-order valence-electron chi connectivity index (χ1n) is 18.6. The number of aryl methyl sites for hydroxylation is 1. The molecule has 0 saturated carbocycles. The molecule has 8 rings (SSSR count). The molecule has 0 amide bonds. The Morgan fingerprint density at radius 1 is 0.667 bits per heavy atom. The lowest BCUT2D eigenvalue weighted by Crippen LogP contribution is -2.39. The van der Waals surface area contributed by atoms with Gasteiger partial charge in [-0.25, -0.2) is 9.48 Å². The molecule has 0 N–H and O–H groups in total. The van der Waals surface area contributed by atoms with Crippen LogP contribution >= 0.6 is 0 Å². The maximum Gasteiger partial charge on any atom is 0.340 e. The van der Waals surface area contributed by atoms with E-state index in [1.165, 1.54) is 5.69 Å². The molecule has 266 valence electrons. The Morgan fingerprint density at radius 2 is 1.26 bits per heavy atom. The van der Waals surface area contributed by atoms with Crippen molar-refractivity contribution in [3.8, 4) is 22.5 Å². The molecule has 7 nitrogen and oxygen atoms in total. The normalized spacial score (nSPS) is 11.5. The fourth-order valence-corrected chi connectivity index (χ4v) is 7.79. The van der Waals surface area contributed by atoms with Crippen LogP contribution in [0.15, 0.2) is 164 Å². The molecule has 0 bridgehead atoms. The van der Waals surface area contributed by atoms with Crippen molar-refractivity contribution in [1.82, 2.24) is 24.8 Å². The number of esters is 1. The van der Waals surface area contributed by atoms with E-state index in [0.29, 0.717) is 24.5 Å². The summed E-state index contributed by atoms with van der Waals surface area (Å²) in [5.41, 5.74) is 9.10. The summed E-state index contributed by atoms with van der Waals surface area (Å²) in [6, 6.07) is 56.4. The predicted octanol–water partition coefficient (Wildman–Crippen LogP) is 9.98. The summed E-state index contributed by atoms with van der Waals surface area (Å²) in [6.07, 6.45) is 1.91. The highest BCUT2D eigenvalue weighted by Gasteiger charge is 2.42. The van der Waals surface area contributed by atoms with Crippen LogP contribution in [0.1, 0.15) is 58.6 Å². The van der Waals surface area contributed by atoms with E-state index in [1.807, 2.05) is 48.0 Å². The molecule has 0 aliphatic rings. The number of rotatable bonds is 12. The molecule has 0 radical (unpaired) electrons. The van der Waals surface area contributed by atoms with Crippen molar-refractivity contribution in [2.24, 2.45) is 0 Å². The van der Waals surface area contributed by atoms with Crippen molar-refractivity contribution < 1.29 is 9.53 Å². The van der Waals surface area contributed by atoms with Crippen molar-refractivity contribution in [1.29, 1.82) is 0 Å². The highest BCUT2D eigenvalue weighted by atomic mass is 16.5. The van der Waals surface area contributed by atoms with Gasteiger partial charge in [-0.15, -0.1) is 5.10 Å². The SMILES string of the molecule is CCCc1cc2cccc(C(=O)OCC)c2n1Cc1ccc(-c2ccccc2-c2nnnn2C(c2ccccc2)(c2ccccc2)c2ccccc2)cc1. The minimum absolute atomic E-state index is 0.296. The zero-order valence-corrected chi connectivity index (χ0v) is 30.5. The fraction of sp³-hybridized carbons (Fsp3) is 0.149. The fourth-order valence-electron chi connectivity index (χ4n) is 7.79. The molecule has 54 heavy (non-hydrogen) atoms. The summed E-state index contributed by atoms with van der Waals surface area (Å²) in [6.45, 7) is 4.98. The number of ether oxygens (including phenoxy) is 1. The Kier molecular flexibility index (Phi) is 9.69. The molecule has 2 aromatic heterocycles. The molecule has 0 saturated heterocycles. The number of carbonyl (C=O) groups excluding carboxylic acids is 1. The van der Waals surface area contributed by atoms with Gasteiger partial charge < -0.3 is 9.30 Å². The summed E-state index contributed by atoms with van der Waals surface area (Å²) in [7, 11) is 0. The standard InChI is InChI=1S/C47H41N5O2/c1-3-17-40-32-36-18-16-27-43(46(53)54-4-2)44(36)51(40)33-34-28-30-35(31-29-34)41-25-14-15-26-42(41)45-48-49-50-52(45)47(37-19-8-5-9-20-37,38-21-10-6-11-22-38)39-23-12-7-13-24-39/h5-16,18-32H,3-4,17,33H2,1-2H3. The molecule has 0 spiro atoms. The summed E-state index contributed by atoms with van der Waals surface area (Å²) in [4.78, 5) is 13.0. The highest BCUT2D eigenvalue weighted by Crippen LogP contribution is 2.43. The monoisotopic (exact) mass is 707 g/mol.